The predicted octanol–water partition coefficient (Wildman–Crippen LogP) is 1.77. The number of methoxy groups -OCH3 is 2. The molecule has 0 N–H and O–H groups in total. The summed E-state index contributed by atoms with van der Waals surface area (Å²) < 4.78 is 36.1. The molecule has 1 amide bonds. The summed E-state index contributed by atoms with van der Waals surface area (Å²) in [7, 11) is -0.357. The van der Waals surface area contributed by atoms with E-state index in [1.165, 1.54) is 4.31 Å². The molecule has 1 aromatic carbocycles. The Labute approximate surface area is 162 Å². The van der Waals surface area contributed by atoms with E-state index in [1.807, 2.05) is 12.1 Å². The second kappa shape index (κ2) is 9.41. The van der Waals surface area contributed by atoms with Crippen LogP contribution < -0.4 is 9.47 Å². The maximum atomic E-state index is 12.6. The van der Waals surface area contributed by atoms with Crippen LogP contribution >= 0.6 is 0 Å². The molecular weight excluding hydrogens is 368 g/mol. The van der Waals surface area contributed by atoms with Crippen LogP contribution in [0, 0.1) is 5.92 Å². The van der Waals surface area contributed by atoms with E-state index in [0.717, 1.165) is 24.7 Å². The van der Waals surface area contributed by atoms with Gasteiger partial charge in [0.2, 0.25) is 15.9 Å². The summed E-state index contributed by atoms with van der Waals surface area (Å²) in [5, 5.41) is 0. The zero-order valence-electron chi connectivity index (χ0n) is 16.6. The highest BCUT2D eigenvalue weighted by Gasteiger charge is 2.26. The molecule has 1 aromatic rings. The van der Waals surface area contributed by atoms with Gasteiger partial charge in [0.05, 0.1) is 27.0 Å². The van der Waals surface area contributed by atoms with Gasteiger partial charge in [0.25, 0.3) is 0 Å². The number of hydrogen-bond acceptors (Lipinski definition) is 5. The van der Waals surface area contributed by atoms with E-state index in [0.29, 0.717) is 36.9 Å². The third-order valence-corrected chi connectivity index (χ3v) is 6.14. The molecule has 1 saturated heterocycles. The molecule has 2 rings (SSSR count). The topological polar surface area (TPSA) is 76.2 Å². The SMILES string of the molecule is COc1ccc(CCN(CC(=O)N2CCCC(C)C2)S(C)(=O)=O)cc1OC. The molecule has 1 aliphatic rings. The van der Waals surface area contributed by atoms with E-state index in [1.54, 1.807) is 25.2 Å². The summed E-state index contributed by atoms with van der Waals surface area (Å²) in [5.74, 6) is 1.55. The number of nitrogens with zero attached hydrogens (tertiary/aromatic N) is 2. The maximum Gasteiger partial charge on any atom is 0.237 e. The van der Waals surface area contributed by atoms with Gasteiger partial charge in [0, 0.05) is 19.6 Å². The van der Waals surface area contributed by atoms with Crippen molar-refractivity contribution in [2.75, 3.05) is 46.7 Å². The molecule has 8 heteroatoms. The fourth-order valence-electron chi connectivity index (χ4n) is 3.32. The van der Waals surface area contributed by atoms with Crippen LogP contribution in [0.3, 0.4) is 0 Å². The number of benzene rings is 1. The lowest BCUT2D eigenvalue weighted by molar-refractivity contribution is -0.133. The fraction of sp³-hybridized carbons (Fsp3) is 0.632. The first-order valence-corrected chi connectivity index (χ1v) is 11.0. The highest BCUT2D eigenvalue weighted by Crippen LogP contribution is 2.27. The molecule has 0 spiro atoms. The minimum atomic E-state index is -3.48. The summed E-state index contributed by atoms with van der Waals surface area (Å²) in [5.41, 5.74) is 0.917. The van der Waals surface area contributed by atoms with Gasteiger partial charge in [-0.25, -0.2) is 8.42 Å². The molecule has 0 saturated carbocycles. The fourth-order valence-corrected chi connectivity index (χ4v) is 4.09. The van der Waals surface area contributed by atoms with Gasteiger partial charge in [0.15, 0.2) is 11.5 Å². The largest absolute Gasteiger partial charge is 0.493 e. The molecule has 0 bridgehead atoms. The van der Waals surface area contributed by atoms with Crippen molar-refractivity contribution in [2.45, 2.75) is 26.2 Å². The first-order valence-electron chi connectivity index (χ1n) is 9.18. The van der Waals surface area contributed by atoms with Gasteiger partial charge in [-0.2, -0.15) is 4.31 Å². The number of carbonyl (C=O) groups excluding carboxylic acids is 1. The number of likely N-dealkylation sites (tertiary alicyclic amines) is 1. The summed E-state index contributed by atoms with van der Waals surface area (Å²) in [6.45, 7) is 3.65. The van der Waals surface area contributed by atoms with Crippen molar-refractivity contribution in [3.8, 4) is 11.5 Å². The van der Waals surface area contributed by atoms with Crippen molar-refractivity contribution < 1.29 is 22.7 Å². The Morgan fingerprint density at radius 1 is 1.26 bits per heavy atom. The third kappa shape index (κ3) is 6.10. The van der Waals surface area contributed by atoms with E-state index < -0.39 is 10.0 Å². The molecule has 0 aromatic heterocycles. The lowest BCUT2D eigenvalue weighted by Crippen LogP contribution is -2.46. The zero-order valence-corrected chi connectivity index (χ0v) is 17.4. The van der Waals surface area contributed by atoms with E-state index in [4.69, 9.17) is 9.47 Å². The van der Waals surface area contributed by atoms with Crippen molar-refractivity contribution in [2.24, 2.45) is 5.92 Å². The molecule has 0 radical (unpaired) electrons. The van der Waals surface area contributed by atoms with Crippen molar-refractivity contribution in [3.05, 3.63) is 23.8 Å². The standard InChI is InChI=1S/C19H30N2O5S/c1-15-6-5-10-20(13-15)19(22)14-21(27(4,23)24)11-9-16-7-8-17(25-2)18(12-16)26-3/h7-8,12,15H,5-6,9-11,13-14H2,1-4H3. The molecule has 1 fully saturated rings. The quantitative estimate of drug-likeness (QED) is 0.667. The normalized spacial score (nSPS) is 17.8. The van der Waals surface area contributed by atoms with Crippen LogP contribution in [-0.2, 0) is 21.2 Å². The molecule has 1 heterocycles. The number of piperidine rings is 1. The van der Waals surface area contributed by atoms with E-state index in [-0.39, 0.29) is 19.0 Å². The minimum Gasteiger partial charge on any atom is -0.493 e. The Hall–Kier alpha value is -1.80. The highest BCUT2D eigenvalue weighted by molar-refractivity contribution is 7.88. The molecule has 1 atom stereocenters. The van der Waals surface area contributed by atoms with Crippen LogP contribution in [0.2, 0.25) is 0 Å². The Bertz CT molecular complexity index is 750. The van der Waals surface area contributed by atoms with Crippen molar-refractivity contribution in [1.29, 1.82) is 0 Å². The zero-order chi connectivity index (χ0) is 20.0. The van der Waals surface area contributed by atoms with E-state index in [2.05, 4.69) is 6.92 Å². The van der Waals surface area contributed by atoms with Crippen molar-refractivity contribution in [3.63, 3.8) is 0 Å². The highest BCUT2D eigenvalue weighted by atomic mass is 32.2. The first-order chi connectivity index (χ1) is 12.7. The van der Waals surface area contributed by atoms with E-state index in [9.17, 15) is 13.2 Å². The third-order valence-electron chi connectivity index (χ3n) is 4.89. The molecule has 27 heavy (non-hydrogen) atoms. The molecule has 1 unspecified atom stereocenters. The summed E-state index contributed by atoms with van der Waals surface area (Å²) in [4.78, 5) is 14.4. The lowest BCUT2D eigenvalue weighted by atomic mass is 10.0. The lowest BCUT2D eigenvalue weighted by Gasteiger charge is -2.32. The first kappa shape index (κ1) is 21.5. The van der Waals surface area contributed by atoms with Crippen molar-refractivity contribution >= 4 is 15.9 Å². The van der Waals surface area contributed by atoms with Crippen LogP contribution in [0.4, 0.5) is 0 Å². The van der Waals surface area contributed by atoms with Crippen LogP contribution in [0.1, 0.15) is 25.3 Å². The number of carbonyl (C=O) groups is 1. The van der Waals surface area contributed by atoms with Gasteiger partial charge in [-0.05, 0) is 42.9 Å². The Kier molecular flexibility index (Phi) is 7.49. The van der Waals surface area contributed by atoms with Gasteiger partial charge >= 0.3 is 0 Å². The number of rotatable bonds is 8. The number of hydrogen-bond donors (Lipinski definition) is 0. The number of amides is 1. The summed E-state index contributed by atoms with van der Waals surface area (Å²) in [6.07, 6.45) is 3.71. The minimum absolute atomic E-state index is 0.112. The van der Waals surface area contributed by atoms with E-state index >= 15 is 0 Å². The Balaban J connectivity index is 2.04. The average molecular weight is 399 g/mol. The smallest absolute Gasteiger partial charge is 0.237 e. The van der Waals surface area contributed by atoms with Gasteiger partial charge < -0.3 is 14.4 Å². The van der Waals surface area contributed by atoms with Crippen LogP contribution in [-0.4, -0.2) is 70.2 Å². The van der Waals surface area contributed by atoms with Gasteiger partial charge in [-0.1, -0.05) is 13.0 Å². The molecule has 1 aliphatic heterocycles. The average Bonchev–Trinajstić information content (AvgIpc) is 2.63. The Morgan fingerprint density at radius 2 is 1.96 bits per heavy atom. The van der Waals surface area contributed by atoms with Crippen molar-refractivity contribution in [1.82, 2.24) is 9.21 Å². The summed E-state index contributed by atoms with van der Waals surface area (Å²) in [6, 6.07) is 5.49. The van der Waals surface area contributed by atoms with Gasteiger partial charge in [0.1, 0.15) is 0 Å². The molecule has 152 valence electrons. The molecule has 0 aliphatic carbocycles. The van der Waals surface area contributed by atoms with Gasteiger partial charge in [-0.15, -0.1) is 0 Å². The van der Waals surface area contributed by atoms with Gasteiger partial charge in [-0.3, -0.25) is 4.79 Å². The molecular formula is C19H30N2O5S. The number of sulfonamides is 1. The predicted molar refractivity (Wildman–Crippen MR) is 105 cm³/mol. The van der Waals surface area contributed by atoms with Crippen LogP contribution in [0.15, 0.2) is 18.2 Å². The second-order valence-corrected chi connectivity index (χ2v) is 9.11. The molecule has 7 nitrogen and oxygen atoms in total. The second-order valence-electron chi connectivity index (χ2n) is 7.12. The number of ether oxygens (including phenoxy) is 2. The van der Waals surface area contributed by atoms with Crippen LogP contribution in [0.5, 0.6) is 11.5 Å². The Morgan fingerprint density at radius 3 is 2.56 bits per heavy atom. The maximum absolute atomic E-state index is 12.6. The van der Waals surface area contributed by atoms with Crippen LogP contribution in [0.25, 0.3) is 0 Å². The summed E-state index contributed by atoms with van der Waals surface area (Å²) >= 11 is 0. The monoisotopic (exact) mass is 398 g/mol.